The fourth-order valence-electron chi connectivity index (χ4n) is 3.35. The molecule has 0 spiro atoms. The summed E-state index contributed by atoms with van der Waals surface area (Å²) in [5.74, 6) is 1.38. The highest BCUT2D eigenvalue weighted by molar-refractivity contribution is 5.79. The number of carbonyl (C=O) groups excluding carboxylic acids is 1. The maximum absolute atomic E-state index is 12.1. The van der Waals surface area contributed by atoms with Gasteiger partial charge in [-0.1, -0.05) is 18.6 Å². The minimum Gasteiger partial charge on any atom is -0.497 e. The highest BCUT2D eigenvalue weighted by Crippen LogP contribution is 2.28. The van der Waals surface area contributed by atoms with Crippen molar-refractivity contribution in [2.75, 3.05) is 26.7 Å². The molecule has 1 aromatic carbocycles. The number of amides is 1. The first-order chi connectivity index (χ1) is 10.8. The Hall–Kier alpha value is -1.55. The van der Waals surface area contributed by atoms with E-state index in [4.69, 9.17) is 4.74 Å². The minimum atomic E-state index is 0.240. The van der Waals surface area contributed by atoms with Gasteiger partial charge in [-0.2, -0.15) is 0 Å². The standard InChI is InChI=1S/C18H26N2O2/c1-22-16-9-7-14(8-10-16)17(20-11-2-3-12-20)13-19-18(21)15-5-4-6-15/h7-10,15,17H,2-6,11-13H2,1H3,(H,19,21)/t17-/m0/s1. The molecule has 1 aliphatic heterocycles. The lowest BCUT2D eigenvalue weighted by molar-refractivity contribution is -0.127. The summed E-state index contributed by atoms with van der Waals surface area (Å²) in [6, 6.07) is 8.53. The summed E-state index contributed by atoms with van der Waals surface area (Å²) in [7, 11) is 1.69. The summed E-state index contributed by atoms with van der Waals surface area (Å²) in [4.78, 5) is 14.6. The molecular weight excluding hydrogens is 276 g/mol. The molecule has 22 heavy (non-hydrogen) atoms. The highest BCUT2D eigenvalue weighted by atomic mass is 16.5. The zero-order chi connectivity index (χ0) is 15.4. The van der Waals surface area contributed by atoms with Gasteiger partial charge < -0.3 is 10.1 Å². The van der Waals surface area contributed by atoms with Gasteiger partial charge in [-0.15, -0.1) is 0 Å². The van der Waals surface area contributed by atoms with Crippen LogP contribution in [0.25, 0.3) is 0 Å². The Balaban J connectivity index is 1.66. The van der Waals surface area contributed by atoms with Crippen molar-refractivity contribution in [3.05, 3.63) is 29.8 Å². The maximum atomic E-state index is 12.1. The van der Waals surface area contributed by atoms with Crippen LogP contribution in [-0.4, -0.2) is 37.6 Å². The van der Waals surface area contributed by atoms with E-state index < -0.39 is 0 Å². The minimum absolute atomic E-state index is 0.240. The first-order valence-corrected chi connectivity index (χ1v) is 8.43. The van der Waals surface area contributed by atoms with Crippen LogP contribution < -0.4 is 10.1 Å². The van der Waals surface area contributed by atoms with Gasteiger partial charge in [-0.3, -0.25) is 9.69 Å². The van der Waals surface area contributed by atoms with Crippen molar-refractivity contribution in [2.24, 2.45) is 5.92 Å². The second-order valence-corrected chi connectivity index (χ2v) is 6.41. The van der Waals surface area contributed by atoms with Crippen molar-refractivity contribution < 1.29 is 9.53 Å². The largest absolute Gasteiger partial charge is 0.497 e. The topological polar surface area (TPSA) is 41.6 Å². The normalized spacial score (nSPS) is 20.4. The Morgan fingerprint density at radius 2 is 1.91 bits per heavy atom. The van der Waals surface area contributed by atoms with Crippen molar-refractivity contribution in [1.82, 2.24) is 10.2 Å². The number of hydrogen-bond donors (Lipinski definition) is 1. The molecule has 120 valence electrons. The molecule has 2 fully saturated rings. The van der Waals surface area contributed by atoms with Crippen LogP contribution in [-0.2, 0) is 4.79 Å². The molecule has 1 saturated carbocycles. The molecule has 4 nitrogen and oxygen atoms in total. The van der Waals surface area contributed by atoms with Crippen LogP contribution in [0.15, 0.2) is 24.3 Å². The molecule has 1 aromatic rings. The fraction of sp³-hybridized carbons (Fsp3) is 0.611. The summed E-state index contributed by atoms with van der Waals surface area (Å²) in [5.41, 5.74) is 1.26. The van der Waals surface area contributed by atoms with Gasteiger partial charge >= 0.3 is 0 Å². The van der Waals surface area contributed by atoms with Gasteiger partial charge in [-0.25, -0.2) is 0 Å². The Kier molecular flexibility index (Phi) is 4.98. The number of hydrogen-bond acceptors (Lipinski definition) is 3. The third kappa shape index (κ3) is 3.43. The third-order valence-electron chi connectivity index (χ3n) is 5.03. The van der Waals surface area contributed by atoms with Crippen LogP contribution >= 0.6 is 0 Å². The average molecular weight is 302 g/mol. The van der Waals surface area contributed by atoms with E-state index in [1.165, 1.54) is 24.8 Å². The van der Waals surface area contributed by atoms with E-state index in [0.717, 1.165) is 31.7 Å². The van der Waals surface area contributed by atoms with E-state index in [2.05, 4.69) is 22.3 Å². The molecule has 0 aromatic heterocycles. The van der Waals surface area contributed by atoms with Crippen LogP contribution in [0.3, 0.4) is 0 Å². The molecule has 1 aliphatic carbocycles. The lowest BCUT2D eigenvalue weighted by Crippen LogP contribution is -2.40. The lowest BCUT2D eigenvalue weighted by atomic mass is 9.85. The quantitative estimate of drug-likeness (QED) is 0.878. The van der Waals surface area contributed by atoms with E-state index in [9.17, 15) is 4.79 Å². The van der Waals surface area contributed by atoms with Crippen LogP contribution in [0.2, 0.25) is 0 Å². The van der Waals surface area contributed by atoms with E-state index >= 15 is 0 Å². The van der Waals surface area contributed by atoms with E-state index in [-0.39, 0.29) is 17.9 Å². The van der Waals surface area contributed by atoms with Gasteiger partial charge in [0.25, 0.3) is 0 Å². The predicted octanol–water partition coefficient (Wildman–Crippen LogP) is 2.75. The maximum Gasteiger partial charge on any atom is 0.223 e. The molecule has 1 heterocycles. The van der Waals surface area contributed by atoms with E-state index in [0.29, 0.717) is 6.54 Å². The van der Waals surface area contributed by atoms with Gasteiger partial charge in [0.1, 0.15) is 5.75 Å². The van der Waals surface area contributed by atoms with Crippen molar-refractivity contribution in [2.45, 2.75) is 38.1 Å². The molecule has 2 aliphatic rings. The Bertz CT molecular complexity index is 490. The summed E-state index contributed by atoms with van der Waals surface area (Å²) >= 11 is 0. The Morgan fingerprint density at radius 3 is 2.45 bits per heavy atom. The average Bonchev–Trinajstić information content (AvgIpc) is 3.00. The molecule has 1 amide bonds. The molecule has 3 rings (SSSR count). The van der Waals surface area contributed by atoms with Gasteiger partial charge in [0.15, 0.2) is 0 Å². The first kappa shape index (κ1) is 15.3. The van der Waals surface area contributed by atoms with Crippen molar-refractivity contribution in [3.63, 3.8) is 0 Å². The number of carbonyl (C=O) groups is 1. The monoisotopic (exact) mass is 302 g/mol. The first-order valence-electron chi connectivity index (χ1n) is 8.43. The highest BCUT2D eigenvalue weighted by Gasteiger charge is 2.28. The van der Waals surface area contributed by atoms with Crippen molar-refractivity contribution in [3.8, 4) is 5.75 Å². The second-order valence-electron chi connectivity index (χ2n) is 6.41. The van der Waals surface area contributed by atoms with E-state index in [1.807, 2.05) is 12.1 Å². The van der Waals surface area contributed by atoms with Crippen LogP contribution in [0.4, 0.5) is 0 Å². The summed E-state index contributed by atoms with van der Waals surface area (Å²) in [5, 5.41) is 3.18. The molecule has 0 unspecified atom stereocenters. The molecule has 1 N–H and O–H groups in total. The predicted molar refractivity (Wildman–Crippen MR) is 86.9 cm³/mol. The van der Waals surface area contributed by atoms with Crippen LogP contribution in [0.1, 0.15) is 43.7 Å². The van der Waals surface area contributed by atoms with Gasteiger partial charge in [-0.05, 0) is 56.5 Å². The smallest absolute Gasteiger partial charge is 0.223 e. The number of ether oxygens (including phenoxy) is 1. The molecule has 1 saturated heterocycles. The second kappa shape index (κ2) is 7.14. The number of nitrogens with zero attached hydrogens (tertiary/aromatic N) is 1. The molecule has 4 heteroatoms. The fourth-order valence-corrected chi connectivity index (χ4v) is 3.35. The van der Waals surface area contributed by atoms with Gasteiger partial charge in [0, 0.05) is 12.5 Å². The zero-order valence-corrected chi connectivity index (χ0v) is 13.4. The third-order valence-corrected chi connectivity index (χ3v) is 5.03. The lowest BCUT2D eigenvalue weighted by Gasteiger charge is -2.30. The summed E-state index contributed by atoms with van der Waals surface area (Å²) in [6.07, 6.45) is 5.82. The van der Waals surface area contributed by atoms with E-state index in [1.54, 1.807) is 7.11 Å². The van der Waals surface area contributed by atoms with Gasteiger partial charge in [0.2, 0.25) is 5.91 Å². The number of nitrogens with one attached hydrogen (secondary N) is 1. The van der Waals surface area contributed by atoms with Crippen molar-refractivity contribution >= 4 is 5.91 Å². The SMILES string of the molecule is COc1ccc([C@H](CNC(=O)C2CCC2)N2CCCC2)cc1. The summed E-state index contributed by atoms with van der Waals surface area (Å²) < 4.78 is 5.24. The van der Waals surface area contributed by atoms with Crippen LogP contribution in [0, 0.1) is 5.92 Å². The Morgan fingerprint density at radius 1 is 1.23 bits per heavy atom. The summed E-state index contributed by atoms with van der Waals surface area (Å²) in [6.45, 7) is 2.95. The number of methoxy groups -OCH3 is 1. The number of benzene rings is 1. The molecule has 0 radical (unpaired) electrons. The number of rotatable bonds is 6. The number of likely N-dealkylation sites (tertiary alicyclic amines) is 1. The van der Waals surface area contributed by atoms with Gasteiger partial charge in [0.05, 0.1) is 13.2 Å². The molecule has 0 bridgehead atoms. The molecule has 1 atom stereocenters. The molecular formula is C18H26N2O2. The Labute approximate surface area is 132 Å². The van der Waals surface area contributed by atoms with Crippen LogP contribution in [0.5, 0.6) is 5.75 Å². The van der Waals surface area contributed by atoms with Crippen molar-refractivity contribution in [1.29, 1.82) is 0 Å². The zero-order valence-electron chi connectivity index (χ0n) is 13.4.